The van der Waals surface area contributed by atoms with E-state index in [0.717, 1.165) is 42.7 Å². The van der Waals surface area contributed by atoms with Crippen molar-refractivity contribution < 1.29 is 39.9 Å². The maximum Gasteiger partial charge on any atom is 0.416 e. The summed E-state index contributed by atoms with van der Waals surface area (Å²) in [6, 6.07) is 26.6. The predicted octanol–water partition coefficient (Wildman–Crippen LogP) is 14.1. The molecule has 0 fully saturated rings. The molecule has 366 valence electrons. The fourth-order valence-electron chi connectivity index (χ4n) is 5.43. The van der Waals surface area contributed by atoms with E-state index in [4.69, 9.17) is 27.7 Å². The summed E-state index contributed by atoms with van der Waals surface area (Å²) in [5.41, 5.74) is 28.8. The molecule has 0 saturated heterocycles. The van der Waals surface area contributed by atoms with Crippen LogP contribution in [0.4, 0.5) is 35.1 Å². The van der Waals surface area contributed by atoms with E-state index in [1.807, 2.05) is 30.3 Å². The molecule has 0 bridgehead atoms. The zero-order chi connectivity index (χ0) is 45.6. The SMILES string of the molecule is C.C.C.C.COc1cccc(CCC(=CF)CN)c1.Cc1ccc(CCC(=CF)CN)cc1.Cc1cccc(CCC(=CF)CN)c1.NCC(=CF)CCc1cc(F)cc(C(F)(F)F)c1. The summed E-state index contributed by atoms with van der Waals surface area (Å²) in [5, 5.41) is 0. The number of rotatable bonds is 17. The Balaban J connectivity index is -0.000000376. The number of ether oxygens (including phenoxy) is 1. The van der Waals surface area contributed by atoms with Crippen LogP contribution in [0.1, 0.15) is 94.3 Å². The zero-order valence-corrected chi connectivity index (χ0v) is 35.2. The van der Waals surface area contributed by atoms with Crippen LogP contribution in [0.5, 0.6) is 5.75 Å². The average Bonchev–Trinajstić information content (AvgIpc) is 3.26. The molecule has 0 spiro atoms. The van der Waals surface area contributed by atoms with Gasteiger partial charge in [-0.15, -0.1) is 0 Å². The number of benzene rings is 4. The molecular formula is C52H76F8N4O. The Bertz CT molecular complexity index is 1960. The van der Waals surface area contributed by atoms with E-state index in [2.05, 4.69) is 56.3 Å². The molecule has 0 unspecified atom stereocenters. The van der Waals surface area contributed by atoms with Crippen molar-refractivity contribution >= 4 is 0 Å². The topological polar surface area (TPSA) is 113 Å². The molecule has 0 aliphatic heterocycles. The van der Waals surface area contributed by atoms with E-state index in [0.29, 0.717) is 80.5 Å². The third kappa shape index (κ3) is 29.2. The van der Waals surface area contributed by atoms with Crippen LogP contribution in [0.3, 0.4) is 0 Å². The van der Waals surface area contributed by atoms with Crippen molar-refractivity contribution in [2.24, 2.45) is 22.9 Å². The lowest BCUT2D eigenvalue weighted by Crippen LogP contribution is -2.07. The Morgan fingerprint density at radius 3 is 1.28 bits per heavy atom. The number of hydrogen-bond donors (Lipinski definition) is 4. The van der Waals surface area contributed by atoms with Gasteiger partial charge in [0.15, 0.2) is 0 Å². The Labute approximate surface area is 385 Å². The van der Waals surface area contributed by atoms with Crippen molar-refractivity contribution in [2.75, 3.05) is 33.3 Å². The van der Waals surface area contributed by atoms with Crippen LogP contribution in [0.25, 0.3) is 0 Å². The Morgan fingerprint density at radius 2 is 0.892 bits per heavy atom. The maximum atomic E-state index is 13.0. The van der Waals surface area contributed by atoms with Crippen molar-refractivity contribution in [1.82, 2.24) is 0 Å². The molecule has 8 N–H and O–H groups in total. The largest absolute Gasteiger partial charge is 0.497 e. The maximum absolute atomic E-state index is 13.0. The molecular weight excluding hydrogens is 849 g/mol. The molecule has 5 nitrogen and oxygen atoms in total. The zero-order valence-electron chi connectivity index (χ0n) is 35.2. The van der Waals surface area contributed by atoms with Gasteiger partial charge in [-0.2, -0.15) is 13.2 Å². The van der Waals surface area contributed by atoms with E-state index < -0.39 is 17.6 Å². The fourth-order valence-corrected chi connectivity index (χ4v) is 5.43. The van der Waals surface area contributed by atoms with E-state index in [-0.39, 0.29) is 66.8 Å². The molecule has 0 radical (unpaired) electrons. The second kappa shape index (κ2) is 38.2. The van der Waals surface area contributed by atoms with Crippen molar-refractivity contribution in [3.63, 3.8) is 0 Å². The van der Waals surface area contributed by atoms with Crippen molar-refractivity contribution in [3.8, 4) is 5.75 Å². The molecule has 0 heterocycles. The number of nitrogens with two attached hydrogens (primary N) is 4. The molecule has 4 aromatic carbocycles. The van der Waals surface area contributed by atoms with Crippen LogP contribution in [0.15, 0.2) is 139 Å². The third-order valence-corrected chi connectivity index (χ3v) is 9.23. The molecule has 65 heavy (non-hydrogen) atoms. The van der Waals surface area contributed by atoms with Crippen LogP contribution < -0.4 is 27.7 Å². The number of methoxy groups -OCH3 is 1. The lowest BCUT2D eigenvalue weighted by Gasteiger charge is -2.09. The summed E-state index contributed by atoms with van der Waals surface area (Å²) in [4.78, 5) is 0. The summed E-state index contributed by atoms with van der Waals surface area (Å²) in [6.07, 6.45) is 2.39. The highest BCUT2D eigenvalue weighted by atomic mass is 19.4. The van der Waals surface area contributed by atoms with Crippen LogP contribution in [0, 0.1) is 19.7 Å². The van der Waals surface area contributed by atoms with Crippen LogP contribution >= 0.6 is 0 Å². The van der Waals surface area contributed by atoms with Gasteiger partial charge in [-0.1, -0.05) is 101 Å². The first kappa shape index (κ1) is 66.5. The van der Waals surface area contributed by atoms with Crippen molar-refractivity contribution in [1.29, 1.82) is 0 Å². The van der Waals surface area contributed by atoms with Crippen LogP contribution in [-0.2, 0) is 31.9 Å². The minimum atomic E-state index is -4.59. The van der Waals surface area contributed by atoms with Gasteiger partial charge in [-0.05, 0) is 140 Å². The number of hydrogen-bond acceptors (Lipinski definition) is 5. The molecule has 0 aliphatic carbocycles. The summed E-state index contributed by atoms with van der Waals surface area (Å²) in [7, 11) is 1.63. The normalized spacial score (nSPS) is 11.3. The summed E-state index contributed by atoms with van der Waals surface area (Å²) >= 11 is 0. The number of alkyl halides is 3. The average molecular weight is 925 g/mol. The van der Waals surface area contributed by atoms with Gasteiger partial charge >= 0.3 is 6.18 Å². The minimum Gasteiger partial charge on any atom is -0.497 e. The first-order valence-corrected chi connectivity index (χ1v) is 19.7. The highest BCUT2D eigenvalue weighted by Crippen LogP contribution is 2.31. The van der Waals surface area contributed by atoms with E-state index in [1.54, 1.807) is 7.11 Å². The second-order valence-electron chi connectivity index (χ2n) is 14.1. The molecule has 13 heteroatoms. The lowest BCUT2D eigenvalue weighted by molar-refractivity contribution is -0.137. The lowest BCUT2D eigenvalue weighted by atomic mass is 10.0. The van der Waals surface area contributed by atoms with Gasteiger partial charge in [-0.3, -0.25) is 0 Å². The van der Waals surface area contributed by atoms with Crippen LogP contribution in [0.2, 0.25) is 0 Å². The Hall–Kier alpha value is -5.08. The monoisotopic (exact) mass is 925 g/mol. The van der Waals surface area contributed by atoms with Crippen molar-refractivity contribution in [3.05, 3.63) is 183 Å². The number of aryl methyl sites for hydroxylation is 6. The molecule has 0 aliphatic rings. The highest BCUT2D eigenvalue weighted by Gasteiger charge is 2.31. The molecule has 4 aromatic rings. The molecule has 4 rings (SSSR count). The van der Waals surface area contributed by atoms with Gasteiger partial charge in [-0.25, -0.2) is 22.0 Å². The molecule has 0 saturated carbocycles. The fraction of sp³-hybridized carbons (Fsp3) is 0.385. The standard InChI is InChI=1S/C12H12F5N.C12H16FNO.2C12H16FN.4CH4/c13-6-9(7-18)2-1-8-3-10(12(15,16)17)5-11(14)4-8;1-15-12-4-2-3-10(7-12)5-6-11(8-13)9-14;1-10-2-4-11(5-3-10)6-7-12(8-13)9-14;1-10-3-2-4-11(7-10)5-6-12(8-13)9-14;;;;/h3-6H,1-2,7,18H2;2-4,7-8H,5-6,9,14H2,1H3;2-5,8H,6-7,9,14H2,1H3;2-4,7-8H,5-6,9,14H2,1H3;4*1H4. The number of halogens is 8. The van der Waals surface area contributed by atoms with Gasteiger partial charge in [0, 0.05) is 26.2 Å². The summed E-state index contributed by atoms with van der Waals surface area (Å²) < 4.78 is 104. The van der Waals surface area contributed by atoms with Gasteiger partial charge in [0.1, 0.15) is 11.6 Å². The van der Waals surface area contributed by atoms with Crippen LogP contribution in [-0.4, -0.2) is 33.3 Å². The first-order chi connectivity index (χ1) is 29.2. The smallest absolute Gasteiger partial charge is 0.416 e. The van der Waals surface area contributed by atoms with Gasteiger partial charge in [0.2, 0.25) is 0 Å². The molecule has 0 aromatic heterocycles. The van der Waals surface area contributed by atoms with E-state index in [1.165, 1.54) is 22.3 Å². The Kier molecular flexibility index (Phi) is 39.1. The Morgan fingerprint density at radius 1 is 0.492 bits per heavy atom. The van der Waals surface area contributed by atoms with E-state index in [9.17, 15) is 35.1 Å². The minimum absolute atomic E-state index is 0. The molecule has 0 atom stereocenters. The highest BCUT2D eigenvalue weighted by molar-refractivity contribution is 5.30. The summed E-state index contributed by atoms with van der Waals surface area (Å²) in [6.45, 7) is 4.98. The third-order valence-electron chi connectivity index (χ3n) is 9.23. The predicted molar refractivity (Wildman–Crippen MR) is 260 cm³/mol. The van der Waals surface area contributed by atoms with Gasteiger partial charge in [0.05, 0.1) is 38.0 Å². The molecule has 0 amide bonds. The second-order valence-corrected chi connectivity index (χ2v) is 14.1. The van der Waals surface area contributed by atoms with Crippen molar-refractivity contribution in [2.45, 2.75) is 101 Å². The quantitative estimate of drug-likeness (QED) is 0.0788. The summed E-state index contributed by atoms with van der Waals surface area (Å²) in [5.74, 6) is -0.135. The van der Waals surface area contributed by atoms with Gasteiger partial charge in [0.25, 0.3) is 0 Å². The van der Waals surface area contributed by atoms with Gasteiger partial charge < -0.3 is 27.7 Å². The first-order valence-electron chi connectivity index (χ1n) is 19.7. The van der Waals surface area contributed by atoms with E-state index >= 15 is 0 Å².